The molecule has 2 aliphatic rings. The number of aliphatic hydroxyl groups excluding tert-OH is 1. The Bertz CT molecular complexity index is 531. The number of para-hydroxylation sites is 1. The van der Waals surface area contributed by atoms with Crippen LogP contribution in [-0.4, -0.2) is 41.1 Å². The van der Waals surface area contributed by atoms with Crippen LogP contribution in [-0.2, 0) is 11.2 Å². The Balaban J connectivity index is 1.73. The van der Waals surface area contributed by atoms with E-state index >= 15 is 0 Å². The Morgan fingerprint density at radius 3 is 2.86 bits per heavy atom. The number of fused-ring (bicyclic) bond motifs is 1. The number of hydrogen-bond acceptors (Lipinski definition) is 3. The molecule has 2 aliphatic heterocycles. The van der Waals surface area contributed by atoms with Crippen LogP contribution < -0.4 is 5.32 Å². The van der Waals surface area contributed by atoms with Gasteiger partial charge >= 0.3 is 0 Å². The van der Waals surface area contributed by atoms with Gasteiger partial charge in [-0.25, -0.2) is 0 Å². The van der Waals surface area contributed by atoms with Crippen molar-refractivity contribution in [1.29, 1.82) is 0 Å². The molecule has 4 unspecified atom stereocenters. The van der Waals surface area contributed by atoms with Gasteiger partial charge in [0.1, 0.15) is 0 Å². The first kappa shape index (κ1) is 14.4. The van der Waals surface area contributed by atoms with Crippen LogP contribution in [0, 0.1) is 11.8 Å². The van der Waals surface area contributed by atoms with Crippen LogP contribution in [0.3, 0.4) is 0 Å². The van der Waals surface area contributed by atoms with Crippen molar-refractivity contribution in [2.45, 2.75) is 38.8 Å². The molecule has 0 bridgehead atoms. The number of likely N-dealkylation sites (tertiary alicyclic amines) is 1. The van der Waals surface area contributed by atoms with E-state index in [1.807, 2.05) is 24.0 Å². The maximum absolute atomic E-state index is 12.8. The van der Waals surface area contributed by atoms with Crippen molar-refractivity contribution in [3.05, 3.63) is 29.8 Å². The first-order chi connectivity index (χ1) is 10.1. The molecule has 1 aromatic carbocycles. The highest BCUT2D eigenvalue weighted by Crippen LogP contribution is 2.30. The van der Waals surface area contributed by atoms with Crippen molar-refractivity contribution in [1.82, 2.24) is 4.90 Å². The number of rotatable bonds is 1. The van der Waals surface area contributed by atoms with Crippen molar-refractivity contribution < 1.29 is 9.90 Å². The van der Waals surface area contributed by atoms with Crippen molar-refractivity contribution in [3.63, 3.8) is 0 Å². The van der Waals surface area contributed by atoms with Gasteiger partial charge in [0.2, 0.25) is 5.91 Å². The van der Waals surface area contributed by atoms with E-state index in [0.29, 0.717) is 6.54 Å². The molecule has 1 amide bonds. The number of β-amino-alcohol motifs (C(OH)–C–C–N with tert-alkyl or cyclic N) is 1. The van der Waals surface area contributed by atoms with E-state index in [1.165, 1.54) is 5.56 Å². The Labute approximate surface area is 126 Å². The van der Waals surface area contributed by atoms with Gasteiger partial charge in [-0.2, -0.15) is 0 Å². The van der Waals surface area contributed by atoms with Gasteiger partial charge in [-0.3, -0.25) is 4.79 Å². The van der Waals surface area contributed by atoms with Gasteiger partial charge in [-0.15, -0.1) is 0 Å². The van der Waals surface area contributed by atoms with E-state index in [-0.39, 0.29) is 29.9 Å². The summed E-state index contributed by atoms with van der Waals surface area (Å²) in [5.41, 5.74) is 2.35. The minimum atomic E-state index is -0.387. The molecule has 1 aromatic rings. The van der Waals surface area contributed by atoms with Crippen LogP contribution in [0.15, 0.2) is 24.3 Å². The molecular weight excluding hydrogens is 264 g/mol. The fraction of sp³-hybridized carbons (Fsp3) is 0.588. The molecule has 0 aliphatic carbocycles. The van der Waals surface area contributed by atoms with Crippen molar-refractivity contribution in [3.8, 4) is 0 Å². The monoisotopic (exact) mass is 288 g/mol. The fourth-order valence-electron chi connectivity index (χ4n) is 3.38. The standard InChI is InChI=1S/C17H24N2O2/c1-11-7-8-19(10-16(11)20)17(21)14-9-13-5-3-4-6-15(13)18-12(14)2/h3-6,11-12,14,16,18,20H,7-10H2,1-2H3. The summed E-state index contributed by atoms with van der Waals surface area (Å²) in [7, 11) is 0. The first-order valence-corrected chi connectivity index (χ1v) is 7.87. The fourth-order valence-corrected chi connectivity index (χ4v) is 3.38. The summed E-state index contributed by atoms with van der Waals surface area (Å²) in [6.45, 7) is 5.36. The minimum absolute atomic E-state index is 0.0412. The zero-order valence-electron chi connectivity index (χ0n) is 12.7. The van der Waals surface area contributed by atoms with E-state index < -0.39 is 0 Å². The quantitative estimate of drug-likeness (QED) is 0.830. The van der Waals surface area contributed by atoms with Gasteiger partial charge in [-0.05, 0) is 37.3 Å². The number of hydrogen-bond donors (Lipinski definition) is 2. The van der Waals surface area contributed by atoms with Gasteiger partial charge in [0.25, 0.3) is 0 Å². The van der Waals surface area contributed by atoms with Crippen LogP contribution in [0.25, 0.3) is 0 Å². The number of nitrogens with zero attached hydrogens (tertiary/aromatic N) is 1. The number of anilines is 1. The maximum Gasteiger partial charge on any atom is 0.228 e. The summed E-state index contributed by atoms with van der Waals surface area (Å²) in [6, 6.07) is 8.32. The van der Waals surface area contributed by atoms with Crippen molar-refractivity contribution in [2.75, 3.05) is 18.4 Å². The van der Waals surface area contributed by atoms with E-state index in [2.05, 4.69) is 24.4 Å². The van der Waals surface area contributed by atoms with Crippen molar-refractivity contribution >= 4 is 11.6 Å². The third-order valence-electron chi connectivity index (χ3n) is 4.99. The SMILES string of the molecule is CC1CCN(C(=O)C2Cc3ccccc3NC2C)CC1O. The molecule has 114 valence electrons. The second-order valence-electron chi connectivity index (χ2n) is 6.52. The van der Waals surface area contributed by atoms with Crippen molar-refractivity contribution in [2.24, 2.45) is 11.8 Å². The van der Waals surface area contributed by atoms with Gasteiger partial charge in [-0.1, -0.05) is 25.1 Å². The lowest BCUT2D eigenvalue weighted by Gasteiger charge is -2.39. The molecule has 1 saturated heterocycles. The van der Waals surface area contributed by atoms with Gasteiger partial charge in [0.05, 0.1) is 12.0 Å². The second kappa shape index (κ2) is 5.68. The number of benzene rings is 1. The Kier molecular flexibility index (Phi) is 3.89. The predicted octanol–water partition coefficient (Wildman–Crippen LogP) is 1.89. The van der Waals surface area contributed by atoms with Gasteiger partial charge in [0.15, 0.2) is 0 Å². The molecule has 1 fully saturated rings. The van der Waals surface area contributed by atoms with Crippen LogP contribution in [0.2, 0.25) is 0 Å². The zero-order chi connectivity index (χ0) is 15.0. The molecule has 4 atom stereocenters. The summed E-state index contributed by atoms with van der Waals surface area (Å²) in [6.07, 6.45) is 1.28. The molecule has 2 N–H and O–H groups in total. The van der Waals surface area contributed by atoms with Gasteiger partial charge in [0, 0.05) is 24.8 Å². The zero-order valence-corrected chi connectivity index (χ0v) is 12.7. The predicted molar refractivity (Wildman–Crippen MR) is 83.1 cm³/mol. The summed E-state index contributed by atoms with van der Waals surface area (Å²) < 4.78 is 0. The van der Waals surface area contributed by atoms with E-state index in [4.69, 9.17) is 0 Å². The number of nitrogens with one attached hydrogen (secondary N) is 1. The first-order valence-electron chi connectivity index (χ1n) is 7.87. The number of amides is 1. The second-order valence-corrected chi connectivity index (χ2v) is 6.52. The average molecular weight is 288 g/mol. The van der Waals surface area contributed by atoms with Crippen LogP contribution in [0.4, 0.5) is 5.69 Å². The Morgan fingerprint density at radius 1 is 1.33 bits per heavy atom. The molecule has 21 heavy (non-hydrogen) atoms. The topological polar surface area (TPSA) is 52.6 Å². The summed E-state index contributed by atoms with van der Waals surface area (Å²) in [4.78, 5) is 14.6. The summed E-state index contributed by atoms with van der Waals surface area (Å²) in [5, 5.41) is 13.4. The van der Waals surface area contributed by atoms with Crippen LogP contribution >= 0.6 is 0 Å². The smallest absolute Gasteiger partial charge is 0.228 e. The highest BCUT2D eigenvalue weighted by Gasteiger charge is 2.36. The Morgan fingerprint density at radius 2 is 2.10 bits per heavy atom. The molecule has 2 heterocycles. The third-order valence-corrected chi connectivity index (χ3v) is 4.99. The lowest BCUT2D eigenvalue weighted by Crippen LogP contribution is -2.51. The molecule has 4 nitrogen and oxygen atoms in total. The normalized spacial score (nSPS) is 32.2. The molecule has 0 saturated carbocycles. The third kappa shape index (κ3) is 2.77. The molecule has 0 aromatic heterocycles. The van der Waals surface area contributed by atoms with Crippen LogP contribution in [0.5, 0.6) is 0 Å². The van der Waals surface area contributed by atoms with E-state index in [9.17, 15) is 9.90 Å². The molecule has 0 radical (unpaired) electrons. The molecule has 4 heteroatoms. The van der Waals surface area contributed by atoms with E-state index in [1.54, 1.807) is 0 Å². The number of piperidine rings is 1. The average Bonchev–Trinajstić information content (AvgIpc) is 2.48. The maximum atomic E-state index is 12.8. The Hall–Kier alpha value is -1.55. The van der Waals surface area contributed by atoms with E-state index in [0.717, 1.165) is 25.1 Å². The summed E-state index contributed by atoms with van der Waals surface area (Å²) >= 11 is 0. The number of carbonyl (C=O) groups is 1. The van der Waals surface area contributed by atoms with Crippen LogP contribution in [0.1, 0.15) is 25.8 Å². The lowest BCUT2D eigenvalue weighted by molar-refractivity contribution is -0.140. The minimum Gasteiger partial charge on any atom is -0.391 e. The number of aliphatic hydroxyl groups is 1. The number of carbonyl (C=O) groups excluding carboxylic acids is 1. The molecule has 0 spiro atoms. The highest BCUT2D eigenvalue weighted by molar-refractivity contribution is 5.81. The lowest BCUT2D eigenvalue weighted by atomic mass is 9.86. The summed E-state index contributed by atoms with van der Waals surface area (Å²) in [5.74, 6) is 0.424. The largest absolute Gasteiger partial charge is 0.391 e. The highest BCUT2D eigenvalue weighted by atomic mass is 16.3. The van der Waals surface area contributed by atoms with Gasteiger partial charge < -0.3 is 15.3 Å². The molecule has 3 rings (SSSR count). The molecular formula is C17H24N2O2.